The molecule has 4 aliphatic carbocycles. The molecule has 120 valence electrons. The maximum absolute atomic E-state index is 13.1. The van der Waals surface area contributed by atoms with Crippen LogP contribution in [-0.2, 0) is 19.6 Å². The van der Waals surface area contributed by atoms with Crippen LogP contribution in [-0.4, -0.2) is 42.3 Å². The average molecular weight is 322 g/mol. The summed E-state index contributed by atoms with van der Waals surface area (Å²) < 4.78 is 47.7. The number of hydrogen-bond donors (Lipinski definition) is 2. The molecule has 4 aliphatic rings. The molecule has 0 saturated heterocycles. The molecule has 0 aromatic carbocycles. The number of ether oxygens (including phenoxy) is 1. The van der Waals surface area contributed by atoms with E-state index in [0.29, 0.717) is 25.2 Å². The van der Waals surface area contributed by atoms with Crippen molar-refractivity contribution in [2.45, 2.75) is 43.7 Å². The SMILES string of the molecule is O=C(OCC(F)S(=O)(=O)O)C12CC3CC(C1)C(O)C(C3)C2. The van der Waals surface area contributed by atoms with Gasteiger partial charge in [-0.25, -0.2) is 4.39 Å². The third-order valence-corrected chi connectivity index (χ3v) is 6.11. The van der Waals surface area contributed by atoms with Crippen LogP contribution in [0, 0.1) is 23.2 Å². The van der Waals surface area contributed by atoms with Crippen molar-refractivity contribution in [2.75, 3.05) is 6.61 Å². The van der Waals surface area contributed by atoms with Crippen LogP contribution in [0.4, 0.5) is 4.39 Å². The van der Waals surface area contributed by atoms with Gasteiger partial charge in [0.15, 0.2) is 0 Å². The Morgan fingerprint density at radius 1 is 1.29 bits per heavy atom. The molecule has 0 aromatic rings. The molecular formula is C13H19FO6S. The van der Waals surface area contributed by atoms with E-state index in [9.17, 15) is 22.7 Å². The zero-order valence-electron chi connectivity index (χ0n) is 11.4. The van der Waals surface area contributed by atoms with E-state index in [1.807, 2.05) is 0 Å². The predicted octanol–water partition coefficient (Wildman–Crippen LogP) is 0.900. The van der Waals surface area contributed by atoms with Gasteiger partial charge in [0.25, 0.3) is 5.50 Å². The normalized spacial score (nSPS) is 42.8. The number of carbonyl (C=O) groups excluding carboxylic acids is 1. The van der Waals surface area contributed by atoms with Gasteiger partial charge in [-0.05, 0) is 49.9 Å². The van der Waals surface area contributed by atoms with E-state index in [1.54, 1.807) is 0 Å². The third-order valence-electron chi connectivity index (χ3n) is 5.33. The Bertz CT molecular complexity index is 531. The Morgan fingerprint density at radius 2 is 1.86 bits per heavy atom. The van der Waals surface area contributed by atoms with Crippen LogP contribution >= 0.6 is 0 Å². The number of aliphatic hydroxyl groups is 1. The molecule has 0 spiro atoms. The van der Waals surface area contributed by atoms with Crippen LogP contribution < -0.4 is 0 Å². The van der Waals surface area contributed by atoms with E-state index < -0.39 is 33.6 Å². The first-order valence-corrected chi connectivity index (χ1v) is 8.67. The summed E-state index contributed by atoms with van der Waals surface area (Å²) >= 11 is 0. The number of hydrogen-bond acceptors (Lipinski definition) is 5. The van der Waals surface area contributed by atoms with Crippen molar-refractivity contribution in [3.8, 4) is 0 Å². The van der Waals surface area contributed by atoms with Crippen LogP contribution in [0.25, 0.3) is 0 Å². The molecule has 4 fully saturated rings. The zero-order valence-corrected chi connectivity index (χ0v) is 12.3. The minimum atomic E-state index is -4.85. The Kier molecular flexibility index (Phi) is 3.53. The van der Waals surface area contributed by atoms with Gasteiger partial charge in [0.1, 0.15) is 6.61 Å². The first-order chi connectivity index (χ1) is 9.71. The van der Waals surface area contributed by atoms with Gasteiger partial charge in [-0.3, -0.25) is 9.35 Å². The van der Waals surface area contributed by atoms with Crippen molar-refractivity contribution in [2.24, 2.45) is 23.2 Å². The Hall–Kier alpha value is -0.730. The lowest BCUT2D eigenvalue weighted by Crippen LogP contribution is -2.56. The lowest BCUT2D eigenvalue weighted by molar-refractivity contribution is -0.185. The molecule has 3 unspecified atom stereocenters. The number of aliphatic hydroxyl groups excluding tert-OH is 1. The van der Waals surface area contributed by atoms with Gasteiger partial charge < -0.3 is 9.84 Å². The first-order valence-electron chi connectivity index (χ1n) is 7.17. The van der Waals surface area contributed by atoms with E-state index in [2.05, 4.69) is 0 Å². The van der Waals surface area contributed by atoms with Crippen LogP contribution in [0.3, 0.4) is 0 Å². The highest BCUT2D eigenvalue weighted by Crippen LogP contribution is 2.60. The van der Waals surface area contributed by atoms with Gasteiger partial charge in [-0.2, -0.15) is 8.42 Å². The fourth-order valence-corrected chi connectivity index (χ4v) is 4.87. The summed E-state index contributed by atoms with van der Waals surface area (Å²) in [4.78, 5) is 12.3. The summed E-state index contributed by atoms with van der Waals surface area (Å²) in [6.45, 7) is -0.984. The second-order valence-corrected chi connectivity index (χ2v) is 8.31. The van der Waals surface area contributed by atoms with Gasteiger partial charge in [-0.1, -0.05) is 0 Å². The smallest absolute Gasteiger partial charge is 0.312 e. The maximum Gasteiger partial charge on any atom is 0.312 e. The van der Waals surface area contributed by atoms with Crippen molar-refractivity contribution >= 4 is 16.1 Å². The van der Waals surface area contributed by atoms with E-state index in [0.717, 1.165) is 12.8 Å². The standard InChI is InChI=1S/C13H19FO6S/c14-10(21(17,18)19)6-20-12(16)13-3-7-1-8(4-13)11(15)9(2-7)5-13/h7-11,15H,1-6H2,(H,17,18,19). The molecule has 0 amide bonds. The third kappa shape index (κ3) is 2.57. The Labute approximate surface area is 122 Å². The summed E-state index contributed by atoms with van der Waals surface area (Å²) in [7, 11) is -4.85. The molecular weight excluding hydrogens is 303 g/mol. The van der Waals surface area contributed by atoms with Gasteiger partial charge in [0.05, 0.1) is 11.5 Å². The van der Waals surface area contributed by atoms with Crippen LogP contribution in [0.1, 0.15) is 32.1 Å². The molecule has 2 N–H and O–H groups in total. The highest BCUT2D eigenvalue weighted by atomic mass is 32.2. The lowest BCUT2D eigenvalue weighted by atomic mass is 9.48. The minimum Gasteiger partial charge on any atom is -0.461 e. The maximum atomic E-state index is 13.1. The van der Waals surface area contributed by atoms with Gasteiger partial charge in [0.2, 0.25) is 0 Å². The van der Waals surface area contributed by atoms with Crippen LogP contribution in [0.2, 0.25) is 0 Å². The van der Waals surface area contributed by atoms with E-state index in [1.165, 1.54) is 0 Å². The first kappa shape index (κ1) is 15.2. The van der Waals surface area contributed by atoms with Gasteiger partial charge >= 0.3 is 16.1 Å². The second-order valence-electron chi connectivity index (χ2n) is 6.76. The van der Waals surface area contributed by atoms with Gasteiger partial charge in [0, 0.05) is 0 Å². The molecule has 0 heterocycles. The van der Waals surface area contributed by atoms with Crippen molar-refractivity contribution < 1.29 is 32.0 Å². The highest BCUT2D eigenvalue weighted by molar-refractivity contribution is 7.86. The molecule has 4 bridgehead atoms. The van der Waals surface area contributed by atoms with Crippen molar-refractivity contribution in [1.29, 1.82) is 0 Å². The predicted molar refractivity (Wildman–Crippen MR) is 69.4 cm³/mol. The molecule has 21 heavy (non-hydrogen) atoms. The molecule has 4 rings (SSSR count). The monoisotopic (exact) mass is 322 g/mol. The summed E-state index contributed by atoms with van der Waals surface area (Å²) in [6, 6.07) is 0. The molecule has 0 aromatic heterocycles. The minimum absolute atomic E-state index is 0.0755. The molecule has 3 atom stereocenters. The average Bonchev–Trinajstić information content (AvgIpc) is 2.39. The van der Waals surface area contributed by atoms with Crippen molar-refractivity contribution in [1.82, 2.24) is 0 Å². The fourth-order valence-electron chi connectivity index (χ4n) is 4.63. The summed E-state index contributed by atoms with van der Waals surface area (Å²) in [5, 5.41) is 10.1. The van der Waals surface area contributed by atoms with E-state index in [4.69, 9.17) is 9.29 Å². The summed E-state index contributed by atoms with van der Waals surface area (Å²) in [5.74, 6) is -0.0700. The molecule has 0 aliphatic heterocycles. The number of alkyl halides is 1. The zero-order chi connectivity index (χ0) is 15.4. The second kappa shape index (κ2) is 4.89. The van der Waals surface area contributed by atoms with Gasteiger partial charge in [-0.15, -0.1) is 0 Å². The number of esters is 1. The van der Waals surface area contributed by atoms with Crippen LogP contribution in [0.15, 0.2) is 0 Å². The summed E-state index contributed by atoms with van der Waals surface area (Å²) in [5.41, 5.74) is -3.32. The number of rotatable bonds is 4. The highest BCUT2D eigenvalue weighted by Gasteiger charge is 2.59. The topological polar surface area (TPSA) is 101 Å². The van der Waals surface area contributed by atoms with Crippen LogP contribution in [0.5, 0.6) is 0 Å². The quantitative estimate of drug-likeness (QED) is 0.589. The largest absolute Gasteiger partial charge is 0.461 e. The molecule has 6 nitrogen and oxygen atoms in total. The van der Waals surface area contributed by atoms with Crippen molar-refractivity contribution in [3.63, 3.8) is 0 Å². The lowest BCUT2D eigenvalue weighted by Gasteiger charge is -2.57. The molecule has 4 saturated carbocycles. The number of halogens is 1. The summed E-state index contributed by atoms with van der Waals surface area (Å²) in [6.07, 6.45) is 3.13. The number of carbonyl (C=O) groups is 1. The molecule has 0 radical (unpaired) electrons. The Balaban J connectivity index is 1.68. The Morgan fingerprint density at radius 3 is 2.38 bits per heavy atom. The van der Waals surface area contributed by atoms with E-state index in [-0.39, 0.29) is 17.9 Å². The fraction of sp³-hybridized carbons (Fsp3) is 0.923. The van der Waals surface area contributed by atoms with Crippen molar-refractivity contribution in [3.05, 3.63) is 0 Å². The molecule has 8 heteroatoms. The van der Waals surface area contributed by atoms with E-state index >= 15 is 0 Å².